The summed E-state index contributed by atoms with van der Waals surface area (Å²) in [6.07, 6.45) is 2.68. The Morgan fingerprint density at radius 2 is 2.27 bits per heavy atom. The van der Waals surface area contributed by atoms with Gasteiger partial charge in [0.05, 0.1) is 17.1 Å². The van der Waals surface area contributed by atoms with E-state index in [2.05, 4.69) is 15.1 Å². The topological polar surface area (TPSA) is 113 Å². The Labute approximate surface area is 83.5 Å². The molecule has 2 aromatic heterocycles. The lowest BCUT2D eigenvalue weighted by Crippen LogP contribution is -2.02. The Hall–Kier alpha value is -2.51. The first-order valence-electron chi connectivity index (χ1n) is 3.94. The molecule has 0 atom stereocenters. The summed E-state index contributed by atoms with van der Waals surface area (Å²) in [5, 5.41) is 14.3. The third-order valence-electron chi connectivity index (χ3n) is 1.68. The molecule has 0 saturated carbocycles. The standard InChI is InChI=1S/C7H6N6O2/c8-6-1-5(13(14)15)2-7(11-6)12-4-9-3-10-12/h1-4H,(H2,8,11). The number of rotatable bonds is 2. The zero-order chi connectivity index (χ0) is 10.8. The van der Waals surface area contributed by atoms with Crippen molar-refractivity contribution in [3.63, 3.8) is 0 Å². The summed E-state index contributed by atoms with van der Waals surface area (Å²) in [5.74, 6) is 0.328. The number of aromatic nitrogens is 4. The average molecular weight is 206 g/mol. The van der Waals surface area contributed by atoms with E-state index < -0.39 is 4.92 Å². The van der Waals surface area contributed by atoms with Gasteiger partial charge in [0.15, 0.2) is 5.82 Å². The molecule has 76 valence electrons. The Morgan fingerprint density at radius 3 is 2.87 bits per heavy atom. The second kappa shape index (κ2) is 3.33. The maximum atomic E-state index is 10.6. The van der Waals surface area contributed by atoms with Crippen molar-refractivity contribution in [1.82, 2.24) is 19.7 Å². The number of pyridine rings is 1. The lowest BCUT2D eigenvalue weighted by Gasteiger charge is -2.00. The van der Waals surface area contributed by atoms with Crippen molar-refractivity contribution in [3.8, 4) is 5.82 Å². The summed E-state index contributed by atoms with van der Waals surface area (Å²) in [6, 6.07) is 2.45. The van der Waals surface area contributed by atoms with Crippen LogP contribution in [0, 0.1) is 10.1 Å². The van der Waals surface area contributed by atoms with Crippen LogP contribution < -0.4 is 5.73 Å². The quantitative estimate of drug-likeness (QED) is 0.552. The largest absolute Gasteiger partial charge is 0.383 e. The monoisotopic (exact) mass is 206 g/mol. The van der Waals surface area contributed by atoms with Gasteiger partial charge in [-0.2, -0.15) is 5.10 Å². The molecule has 15 heavy (non-hydrogen) atoms. The number of nitrogen functional groups attached to an aromatic ring is 1. The Morgan fingerprint density at radius 1 is 1.47 bits per heavy atom. The summed E-state index contributed by atoms with van der Waals surface area (Å²) in [4.78, 5) is 17.6. The van der Waals surface area contributed by atoms with Gasteiger partial charge in [-0.1, -0.05) is 0 Å². The fraction of sp³-hybridized carbons (Fsp3) is 0. The van der Waals surface area contributed by atoms with Gasteiger partial charge in [0.1, 0.15) is 18.5 Å². The number of nitrogens with two attached hydrogens (primary N) is 1. The van der Waals surface area contributed by atoms with E-state index in [1.54, 1.807) is 0 Å². The lowest BCUT2D eigenvalue weighted by atomic mass is 10.4. The molecule has 0 fully saturated rings. The molecule has 0 aliphatic heterocycles. The zero-order valence-electron chi connectivity index (χ0n) is 7.44. The van der Waals surface area contributed by atoms with Crippen LogP contribution in [-0.4, -0.2) is 24.7 Å². The molecule has 0 unspecified atom stereocenters. The summed E-state index contributed by atoms with van der Waals surface area (Å²) in [7, 11) is 0. The molecule has 8 nitrogen and oxygen atoms in total. The van der Waals surface area contributed by atoms with Crippen molar-refractivity contribution >= 4 is 11.5 Å². The third kappa shape index (κ3) is 1.73. The van der Waals surface area contributed by atoms with Crippen molar-refractivity contribution in [2.24, 2.45) is 0 Å². The Bertz CT molecular complexity index is 494. The molecular formula is C7H6N6O2. The predicted molar refractivity (Wildman–Crippen MR) is 50.2 cm³/mol. The van der Waals surface area contributed by atoms with E-state index in [-0.39, 0.29) is 17.3 Å². The van der Waals surface area contributed by atoms with Gasteiger partial charge < -0.3 is 5.73 Å². The highest BCUT2D eigenvalue weighted by atomic mass is 16.6. The minimum atomic E-state index is -0.543. The maximum absolute atomic E-state index is 10.6. The molecular weight excluding hydrogens is 200 g/mol. The van der Waals surface area contributed by atoms with E-state index in [4.69, 9.17) is 5.73 Å². The molecule has 2 heterocycles. The van der Waals surface area contributed by atoms with Gasteiger partial charge >= 0.3 is 0 Å². The summed E-state index contributed by atoms with van der Waals surface area (Å²) in [5.41, 5.74) is 5.29. The molecule has 0 radical (unpaired) electrons. The molecule has 0 aromatic carbocycles. The minimum Gasteiger partial charge on any atom is -0.383 e. The van der Waals surface area contributed by atoms with Gasteiger partial charge in [0.2, 0.25) is 0 Å². The van der Waals surface area contributed by atoms with Gasteiger partial charge in [-0.05, 0) is 0 Å². The summed E-state index contributed by atoms with van der Waals surface area (Å²) in [6.45, 7) is 0. The van der Waals surface area contributed by atoms with Gasteiger partial charge in [0, 0.05) is 0 Å². The number of hydrogen-bond donors (Lipinski definition) is 1. The van der Waals surface area contributed by atoms with Crippen LogP contribution in [0.5, 0.6) is 0 Å². The number of hydrogen-bond acceptors (Lipinski definition) is 6. The van der Waals surface area contributed by atoms with Crippen LogP contribution in [-0.2, 0) is 0 Å². The molecule has 2 N–H and O–H groups in total. The van der Waals surface area contributed by atoms with Crippen molar-refractivity contribution < 1.29 is 4.92 Å². The molecule has 8 heteroatoms. The average Bonchev–Trinajstić information content (AvgIpc) is 2.69. The van der Waals surface area contributed by atoms with E-state index in [1.807, 2.05) is 0 Å². The van der Waals surface area contributed by atoms with Crippen LogP contribution in [0.4, 0.5) is 11.5 Å². The van der Waals surface area contributed by atoms with Crippen LogP contribution in [0.15, 0.2) is 24.8 Å². The molecule has 2 aromatic rings. The first-order valence-corrected chi connectivity index (χ1v) is 3.94. The number of nitrogens with zero attached hydrogens (tertiary/aromatic N) is 5. The first kappa shape index (κ1) is 9.06. The highest BCUT2D eigenvalue weighted by Gasteiger charge is 2.10. The highest BCUT2D eigenvalue weighted by molar-refractivity contribution is 5.47. The molecule has 0 amide bonds. The minimum absolute atomic E-state index is 0.0645. The van der Waals surface area contributed by atoms with Gasteiger partial charge in [-0.3, -0.25) is 10.1 Å². The van der Waals surface area contributed by atoms with Crippen molar-refractivity contribution in [2.45, 2.75) is 0 Å². The summed E-state index contributed by atoms with van der Waals surface area (Å²) >= 11 is 0. The molecule has 0 saturated heterocycles. The van der Waals surface area contributed by atoms with E-state index in [0.717, 1.165) is 0 Å². The Kier molecular flexibility index (Phi) is 2.01. The Balaban J connectivity index is 2.54. The molecule has 0 spiro atoms. The lowest BCUT2D eigenvalue weighted by molar-refractivity contribution is -0.384. The van der Waals surface area contributed by atoms with E-state index in [0.29, 0.717) is 0 Å². The van der Waals surface area contributed by atoms with Gasteiger partial charge in [-0.25, -0.2) is 14.6 Å². The first-order chi connectivity index (χ1) is 7.16. The number of anilines is 1. The normalized spacial score (nSPS) is 10.1. The molecule has 0 aliphatic carbocycles. The fourth-order valence-corrected chi connectivity index (χ4v) is 1.07. The molecule has 2 rings (SSSR count). The van der Waals surface area contributed by atoms with Crippen LogP contribution >= 0.6 is 0 Å². The second-order valence-corrected chi connectivity index (χ2v) is 2.71. The van der Waals surface area contributed by atoms with Gasteiger partial charge in [-0.15, -0.1) is 0 Å². The second-order valence-electron chi connectivity index (χ2n) is 2.71. The predicted octanol–water partition coefficient (Wildman–Crippen LogP) is 0.153. The summed E-state index contributed by atoms with van der Waals surface area (Å²) < 4.78 is 1.30. The zero-order valence-corrected chi connectivity index (χ0v) is 7.44. The SMILES string of the molecule is Nc1cc([N+](=O)[O-])cc(-n2cncn2)n1. The van der Waals surface area contributed by atoms with Crippen LogP contribution in [0.2, 0.25) is 0 Å². The maximum Gasteiger partial charge on any atom is 0.276 e. The van der Waals surface area contributed by atoms with Gasteiger partial charge in [0.25, 0.3) is 5.69 Å². The highest BCUT2D eigenvalue weighted by Crippen LogP contribution is 2.17. The van der Waals surface area contributed by atoms with E-state index in [9.17, 15) is 10.1 Å². The molecule has 0 bridgehead atoms. The van der Waals surface area contributed by atoms with Crippen LogP contribution in [0.25, 0.3) is 5.82 Å². The number of nitro groups is 1. The van der Waals surface area contributed by atoms with Crippen LogP contribution in [0.1, 0.15) is 0 Å². The smallest absolute Gasteiger partial charge is 0.276 e. The van der Waals surface area contributed by atoms with Crippen LogP contribution in [0.3, 0.4) is 0 Å². The van der Waals surface area contributed by atoms with Crippen molar-refractivity contribution in [2.75, 3.05) is 5.73 Å². The van der Waals surface area contributed by atoms with E-state index in [1.165, 1.54) is 29.5 Å². The van der Waals surface area contributed by atoms with E-state index >= 15 is 0 Å². The third-order valence-corrected chi connectivity index (χ3v) is 1.68. The van der Waals surface area contributed by atoms with Crippen molar-refractivity contribution in [3.05, 3.63) is 34.9 Å². The fourth-order valence-electron chi connectivity index (χ4n) is 1.07. The van der Waals surface area contributed by atoms with Crippen molar-refractivity contribution in [1.29, 1.82) is 0 Å². The molecule has 0 aliphatic rings.